The Morgan fingerprint density at radius 1 is 0.900 bits per heavy atom. The molecule has 0 radical (unpaired) electrons. The molecule has 0 aliphatic carbocycles. The van der Waals surface area contributed by atoms with Crippen LogP contribution in [0.1, 0.15) is 93.6 Å². The van der Waals surface area contributed by atoms with Crippen LogP contribution in [0.25, 0.3) is 5.65 Å². The predicted molar refractivity (Wildman–Crippen MR) is 210 cm³/mol. The number of imide groups is 2. The Balaban J connectivity index is 0.757. The predicted octanol–water partition coefficient (Wildman–Crippen LogP) is 3.63. The van der Waals surface area contributed by atoms with Crippen LogP contribution in [0.4, 0.5) is 24.5 Å². The lowest BCUT2D eigenvalue weighted by atomic mass is 9.72. The number of anilines is 2. The van der Waals surface area contributed by atoms with Crippen LogP contribution < -0.4 is 15.5 Å². The Hall–Kier alpha value is -5.72. The first-order valence-corrected chi connectivity index (χ1v) is 20.1. The highest BCUT2D eigenvalue weighted by Crippen LogP contribution is 2.43. The number of piperidine rings is 2. The molecule has 4 aromatic rings. The fourth-order valence-corrected chi connectivity index (χ4v) is 9.36. The van der Waals surface area contributed by atoms with Gasteiger partial charge in [-0.2, -0.15) is 13.2 Å². The number of pyridine rings is 2. The quantitative estimate of drug-likeness (QED) is 0.211. The summed E-state index contributed by atoms with van der Waals surface area (Å²) in [5.41, 5.74) is 0.728. The second-order valence-electron chi connectivity index (χ2n) is 17.3. The fraction of sp³-hybridized carbons (Fsp3) is 0.452. The van der Waals surface area contributed by atoms with E-state index in [1.165, 1.54) is 6.07 Å². The van der Waals surface area contributed by atoms with E-state index in [1.807, 2.05) is 12.3 Å². The number of nitrogens with zero attached hydrogens (tertiary/aromatic N) is 7. The Kier molecular flexibility index (Phi) is 9.59. The maximum atomic E-state index is 13.3. The molecule has 314 valence electrons. The molecule has 5 aliphatic rings. The van der Waals surface area contributed by atoms with E-state index >= 15 is 0 Å². The minimum atomic E-state index is -4.70. The van der Waals surface area contributed by atoms with E-state index in [2.05, 4.69) is 30.3 Å². The largest absolute Gasteiger partial charge is 0.433 e. The number of benzene rings is 1. The number of likely N-dealkylation sites (tertiary alicyclic amines) is 2. The second kappa shape index (κ2) is 14.5. The van der Waals surface area contributed by atoms with Gasteiger partial charge in [-0.05, 0) is 82.6 Å². The smallest absolute Gasteiger partial charge is 0.386 e. The number of imidazole rings is 1. The summed E-state index contributed by atoms with van der Waals surface area (Å²) >= 11 is 0. The Morgan fingerprint density at radius 2 is 1.62 bits per heavy atom. The highest BCUT2D eigenvalue weighted by molar-refractivity contribution is 6.23. The summed E-state index contributed by atoms with van der Waals surface area (Å²) in [5, 5.41) is 15.8. The van der Waals surface area contributed by atoms with Crippen molar-refractivity contribution in [1.29, 1.82) is 0 Å². The van der Waals surface area contributed by atoms with Gasteiger partial charge in [-0.3, -0.25) is 34.2 Å². The summed E-state index contributed by atoms with van der Waals surface area (Å²) in [6.45, 7) is 10.5. The van der Waals surface area contributed by atoms with Gasteiger partial charge in [0.25, 0.3) is 17.7 Å². The molecule has 1 atom stereocenters. The van der Waals surface area contributed by atoms with Crippen LogP contribution >= 0.6 is 0 Å². The maximum Gasteiger partial charge on any atom is 0.433 e. The van der Waals surface area contributed by atoms with Crippen molar-refractivity contribution in [1.82, 2.24) is 34.4 Å². The number of rotatable bonds is 9. The summed E-state index contributed by atoms with van der Waals surface area (Å²) in [6, 6.07) is 9.08. The standard InChI is InChI=1S/C42H44F3N9O6/c1-40(2,60)28-17-34-47-30(18-52(34)19-31(28)48-36(56)29-4-3-5-33(46-29)42(43,44)45)24-10-12-50(13-11-24)14-15-51-20-41(21-51)22-53(23-41)25-6-7-26-27(16-25)39(59)54(38(26)58)32-8-9-35(55)49-37(32)57/h3-7,16-19,24,32,60H,8-15,20-23H2,1-2H3,(H,48,56)(H,49,55,57). The van der Waals surface area contributed by atoms with Gasteiger partial charge in [0, 0.05) is 80.7 Å². The Labute approximate surface area is 342 Å². The van der Waals surface area contributed by atoms with Gasteiger partial charge in [0.2, 0.25) is 11.8 Å². The molecule has 3 aromatic heterocycles. The molecular weight excluding hydrogens is 784 g/mol. The highest BCUT2D eigenvalue weighted by Gasteiger charge is 2.52. The van der Waals surface area contributed by atoms with Crippen molar-refractivity contribution in [3.8, 4) is 0 Å². The lowest BCUT2D eigenvalue weighted by Crippen LogP contribution is -2.72. The van der Waals surface area contributed by atoms with E-state index in [1.54, 1.807) is 42.6 Å². The first-order valence-electron chi connectivity index (χ1n) is 20.1. The lowest BCUT2D eigenvalue weighted by molar-refractivity contribution is -0.141. The molecule has 1 unspecified atom stereocenters. The van der Waals surface area contributed by atoms with Crippen LogP contribution in [0.5, 0.6) is 0 Å². The second-order valence-corrected chi connectivity index (χ2v) is 17.3. The number of halogens is 3. The van der Waals surface area contributed by atoms with Crippen molar-refractivity contribution >= 4 is 46.6 Å². The van der Waals surface area contributed by atoms with E-state index in [0.29, 0.717) is 11.2 Å². The number of hydrogen-bond donors (Lipinski definition) is 3. The van der Waals surface area contributed by atoms with E-state index in [4.69, 9.17) is 4.98 Å². The number of amides is 5. The van der Waals surface area contributed by atoms with Gasteiger partial charge in [0.1, 0.15) is 23.1 Å². The maximum absolute atomic E-state index is 13.3. The summed E-state index contributed by atoms with van der Waals surface area (Å²) < 4.78 is 41.5. The van der Waals surface area contributed by atoms with Crippen LogP contribution in [-0.2, 0) is 21.4 Å². The molecular formula is C42H44F3N9O6. The summed E-state index contributed by atoms with van der Waals surface area (Å²) in [6.07, 6.45) is 0.833. The number of carbonyl (C=O) groups excluding carboxylic acids is 5. The molecule has 9 rings (SSSR count). The molecule has 60 heavy (non-hydrogen) atoms. The van der Waals surface area contributed by atoms with Crippen molar-refractivity contribution in [2.24, 2.45) is 5.41 Å². The van der Waals surface area contributed by atoms with Crippen molar-refractivity contribution in [3.05, 3.63) is 88.6 Å². The minimum absolute atomic E-state index is 0.0754. The van der Waals surface area contributed by atoms with Gasteiger partial charge in [-0.25, -0.2) is 9.97 Å². The van der Waals surface area contributed by atoms with Gasteiger partial charge in [0.05, 0.1) is 28.1 Å². The van der Waals surface area contributed by atoms with Gasteiger partial charge in [0.15, 0.2) is 0 Å². The zero-order chi connectivity index (χ0) is 42.3. The van der Waals surface area contributed by atoms with Crippen molar-refractivity contribution in [2.45, 2.75) is 63.3 Å². The van der Waals surface area contributed by atoms with E-state index < -0.39 is 58.7 Å². The van der Waals surface area contributed by atoms with Crippen molar-refractivity contribution < 1.29 is 42.3 Å². The highest BCUT2D eigenvalue weighted by atomic mass is 19.4. The molecule has 4 fully saturated rings. The summed E-state index contributed by atoms with van der Waals surface area (Å²) in [5.74, 6) is -2.67. The molecule has 4 saturated heterocycles. The number of fused-ring (bicyclic) bond motifs is 2. The molecule has 5 amide bonds. The average Bonchev–Trinajstić information content (AvgIpc) is 3.70. The third-order valence-corrected chi connectivity index (χ3v) is 12.5. The first kappa shape index (κ1) is 39.7. The Morgan fingerprint density at radius 3 is 2.32 bits per heavy atom. The van der Waals surface area contributed by atoms with E-state index in [9.17, 15) is 42.3 Å². The summed E-state index contributed by atoms with van der Waals surface area (Å²) in [4.78, 5) is 80.0. The number of carbonyl (C=O) groups is 5. The molecule has 0 saturated carbocycles. The molecule has 5 aliphatic heterocycles. The van der Waals surface area contributed by atoms with Crippen molar-refractivity contribution in [3.63, 3.8) is 0 Å². The average molecular weight is 828 g/mol. The molecule has 1 spiro atoms. The van der Waals surface area contributed by atoms with Gasteiger partial charge in [-0.1, -0.05) is 6.07 Å². The number of alkyl halides is 3. The molecule has 1 aromatic carbocycles. The van der Waals surface area contributed by atoms with Crippen LogP contribution in [0.15, 0.2) is 54.9 Å². The summed E-state index contributed by atoms with van der Waals surface area (Å²) in [7, 11) is 0. The third-order valence-electron chi connectivity index (χ3n) is 12.5. The molecule has 0 bridgehead atoms. The number of aliphatic hydroxyl groups is 1. The Bertz CT molecular complexity index is 2440. The number of nitrogens with one attached hydrogen (secondary N) is 2. The van der Waals surface area contributed by atoms with Crippen molar-refractivity contribution in [2.75, 3.05) is 62.6 Å². The van der Waals surface area contributed by atoms with Gasteiger partial charge in [-0.15, -0.1) is 0 Å². The van der Waals surface area contributed by atoms with Crippen LogP contribution in [0, 0.1) is 5.41 Å². The van der Waals surface area contributed by atoms with Crippen LogP contribution in [0.3, 0.4) is 0 Å². The van der Waals surface area contributed by atoms with Gasteiger partial charge >= 0.3 is 6.18 Å². The first-order chi connectivity index (χ1) is 28.4. The SMILES string of the molecule is CC(C)(O)c1cc2nc(C3CCN(CCN4CC5(C4)CN(c4ccc6c(c4)C(=O)N(C4CCC(=O)NC4=O)C6=O)C5)CC3)cn2cc1NC(=O)c1cccc(C(F)(F)F)n1. The lowest BCUT2D eigenvalue weighted by Gasteiger charge is -2.61. The van der Waals surface area contributed by atoms with Crippen LogP contribution in [0.2, 0.25) is 0 Å². The zero-order valence-corrected chi connectivity index (χ0v) is 33.1. The van der Waals surface area contributed by atoms with E-state index in [0.717, 1.165) is 93.6 Å². The number of hydrogen-bond acceptors (Lipinski definition) is 11. The molecule has 3 N–H and O–H groups in total. The normalized spacial score (nSPS) is 21.3. The van der Waals surface area contributed by atoms with Gasteiger partial charge < -0.3 is 29.5 Å². The fourth-order valence-electron chi connectivity index (χ4n) is 9.36. The molecule has 15 nitrogen and oxygen atoms in total. The molecule has 18 heteroatoms. The van der Waals surface area contributed by atoms with E-state index in [-0.39, 0.29) is 41.0 Å². The van der Waals surface area contributed by atoms with Crippen LogP contribution in [-0.4, -0.2) is 122 Å². The third kappa shape index (κ3) is 7.29. The zero-order valence-electron chi connectivity index (χ0n) is 33.1. The topological polar surface area (TPSA) is 173 Å². The monoisotopic (exact) mass is 827 g/mol. The molecule has 8 heterocycles. The number of aromatic nitrogens is 3. The minimum Gasteiger partial charge on any atom is -0.386 e.